The number of benzene rings is 2. The van der Waals surface area contributed by atoms with Crippen LogP contribution in [0, 0.1) is 5.82 Å². The molecule has 0 aliphatic rings. The fourth-order valence-corrected chi connectivity index (χ4v) is 1.63. The highest BCUT2D eigenvalue weighted by Crippen LogP contribution is 2.13. The molecule has 0 saturated carbocycles. The van der Waals surface area contributed by atoms with Crippen LogP contribution in [0.25, 0.3) is 0 Å². The summed E-state index contributed by atoms with van der Waals surface area (Å²) in [5, 5.41) is 2.54. The number of nitrogens with two attached hydrogens (primary N) is 1. The zero-order chi connectivity index (χ0) is 15.2. The Balaban J connectivity index is 1.92. The van der Waals surface area contributed by atoms with E-state index in [0.717, 1.165) is 12.1 Å². The van der Waals surface area contributed by atoms with Crippen molar-refractivity contribution < 1.29 is 18.7 Å². The number of carbonyl (C=O) groups excluding carboxylic acids is 2. The number of amides is 1. The van der Waals surface area contributed by atoms with Crippen molar-refractivity contribution >= 4 is 23.3 Å². The largest absolute Gasteiger partial charge is 0.452 e. The van der Waals surface area contributed by atoms with Gasteiger partial charge in [0.2, 0.25) is 0 Å². The Hall–Kier alpha value is -2.89. The van der Waals surface area contributed by atoms with Crippen molar-refractivity contribution in [2.24, 2.45) is 0 Å². The summed E-state index contributed by atoms with van der Waals surface area (Å²) in [5.41, 5.74) is 5.98. The normalized spacial score (nSPS) is 9.95. The standard InChI is InChI=1S/C15H13FN2O3/c16-13-7-6-10(17)8-12(13)15(20)21-9-14(19)18-11-4-2-1-3-5-11/h1-8H,9,17H2,(H,18,19). The van der Waals surface area contributed by atoms with E-state index in [1.165, 1.54) is 6.07 Å². The predicted octanol–water partition coefficient (Wildman–Crippen LogP) is 2.20. The van der Waals surface area contributed by atoms with Crippen LogP contribution in [0.15, 0.2) is 48.5 Å². The quantitative estimate of drug-likeness (QED) is 0.667. The molecule has 3 N–H and O–H groups in total. The Bertz CT molecular complexity index is 659. The molecule has 0 bridgehead atoms. The maximum atomic E-state index is 13.4. The lowest BCUT2D eigenvalue weighted by atomic mass is 10.2. The Kier molecular flexibility index (Phi) is 4.50. The number of esters is 1. The van der Waals surface area contributed by atoms with Gasteiger partial charge in [-0.25, -0.2) is 9.18 Å². The minimum atomic E-state index is -0.942. The van der Waals surface area contributed by atoms with Crippen molar-refractivity contribution in [3.05, 3.63) is 59.9 Å². The Labute approximate surface area is 120 Å². The van der Waals surface area contributed by atoms with E-state index in [0.29, 0.717) is 5.69 Å². The van der Waals surface area contributed by atoms with E-state index in [1.54, 1.807) is 30.3 Å². The van der Waals surface area contributed by atoms with E-state index in [2.05, 4.69) is 5.32 Å². The highest BCUT2D eigenvalue weighted by Gasteiger charge is 2.15. The van der Waals surface area contributed by atoms with Gasteiger partial charge in [0.1, 0.15) is 5.82 Å². The summed E-state index contributed by atoms with van der Waals surface area (Å²) in [5.74, 6) is -2.21. The topological polar surface area (TPSA) is 81.4 Å². The summed E-state index contributed by atoms with van der Waals surface area (Å²) in [6.45, 7) is -0.512. The van der Waals surface area contributed by atoms with Gasteiger partial charge in [0, 0.05) is 11.4 Å². The lowest BCUT2D eigenvalue weighted by Gasteiger charge is -2.07. The smallest absolute Gasteiger partial charge is 0.341 e. The van der Waals surface area contributed by atoms with E-state index < -0.39 is 24.3 Å². The highest BCUT2D eigenvalue weighted by atomic mass is 19.1. The van der Waals surface area contributed by atoms with Crippen molar-refractivity contribution in [3.63, 3.8) is 0 Å². The van der Waals surface area contributed by atoms with Crippen molar-refractivity contribution in [1.29, 1.82) is 0 Å². The molecule has 0 radical (unpaired) electrons. The molecule has 0 aromatic heterocycles. The molecule has 0 aliphatic heterocycles. The minimum Gasteiger partial charge on any atom is -0.452 e. The Morgan fingerprint density at radius 2 is 1.86 bits per heavy atom. The van der Waals surface area contributed by atoms with Crippen LogP contribution < -0.4 is 11.1 Å². The summed E-state index contributed by atoms with van der Waals surface area (Å²) in [4.78, 5) is 23.3. The maximum Gasteiger partial charge on any atom is 0.341 e. The lowest BCUT2D eigenvalue weighted by Crippen LogP contribution is -2.21. The van der Waals surface area contributed by atoms with Gasteiger partial charge in [0.05, 0.1) is 5.56 Å². The SMILES string of the molecule is Nc1ccc(F)c(C(=O)OCC(=O)Nc2ccccc2)c1. The molecular formula is C15H13FN2O3. The summed E-state index contributed by atoms with van der Waals surface area (Å²) in [6, 6.07) is 12.2. The van der Waals surface area contributed by atoms with Crippen LogP contribution in [-0.4, -0.2) is 18.5 Å². The van der Waals surface area contributed by atoms with Gasteiger partial charge < -0.3 is 15.8 Å². The molecule has 6 heteroatoms. The number of anilines is 2. The van der Waals surface area contributed by atoms with Crippen LogP contribution in [-0.2, 0) is 9.53 Å². The summed E-state index contributed by atoms with van der Waals surface area (Å²) in [6.07, 6.45) is 0. The number of rotatable bonds is 4. The average Bonchev–Trinajstić information content (AvgIpc) is 2.48. The predicted molar refractivity (Wildman–Crippen MR) is 76.2 cm³/mol. The molecule has 0 spiro atoms. The molecule has 0 aliphatic carbocycles. The first-order valence-corrected chi connectivity index (χ1v) is 6.13. The number of nitrogen functional groups attached to an aromatic ring is 1. The fourth-order valence-electron chi connectivity index (χ4n) is 1.63. The van der Waals surface area contributed by atoms with Crippen molar-refractivity contribution in [2.45, 2.75) is 0 Å². The van der Waals surface area contributed by atoms with E-state index in [4.69, 9.17) is 10.5 Å². The number of hydrogen-bond acceptors (Lipinski definition) is 4. The number of halogens is 1. The molecule has 108 valence electrons. The third kappa shape index (κ3) is 4.04. The van der Waals surface area contributed by atoms with Crippen LogP contribution in [0.5, 0.6) is 0 Å². The number of para-hydroxylation sites is 1. The molecule has 2 aromatic carbocycles. The fraction of sp³-hybridized carbons (Fsp3) is 0.0667. The number of ether oxygens (including phenoxy) is 1. The van der Waals surface area contributed by atoms with E-state index in [9.17, 15) is 14.0 Å². The van der Waals surface area contributed by atoms with Gasteiger partial charge in [-0.05, 0) is 30.3 Å². The molecule has 2 rings (SSSR count). The third-order valence-corrected chi connectivity index (χ3v) is 2.60. The van der Waals surface area contributed by atoms with Crippen LogP contribution >= 0.6 is 0 Å². The summed E-state index contributed by atoms with van der Waals surface area (Å²) in [7, 11) is 0. The zero-order valence-electron chi connectivity index (χ0n) is 11.0. The molecule has 0 saturated heterocycles. The number of nitrogens with one attached hydrogen (secondary N) is 1. The van der Waals surface area contributed by atoms with Gasteiger partial charge in [0.25, 0.3) is 5.91 Å². The molecule has 5 nitrogen and oxygen atoms in total. The number of hydrogen-bond donors (Lipinski definition) is 2. The molecular weight excluding hydrogens is 275 g/mol. The van der Waals surface area contributed by atoms with Gasteiger partial charge >= 0.3 is 5.97 Å². The zero-order valence-corrected chi connectivity index (χ0v) is 11.0. The van der Waals surface area contributed by atoms with Gasteiger partial charge in [-0.3, -0.25) is 4.79 Å². The molecule has 0 heterocycles. The van der Waals surface area contributed by atoms with E-state index >= 15 is 0 Å². The van der Waals surface area contributed by atoms with E-state index in [1.807, 2.05) is 0 Å². The van der Waals surface area contributed by atoms with Crippen LogP contribution in [0.2, 0.25) is 0 Å². The second-order valence-electron chi connectivity index (χ2n) is 4.23. The third-order valence-electron chi connectivity index (χ3n) is 2.60. The molecule has 2 aromatic rings. The monoisotopic (exact) mass is 288 g/mol. The van der Waals surface area contributed by atoms with Crippen molar-refractivity contribution in [2.75, 3.05) is 17.7 Å². The van der Waals surface area contributed by atoms with Gasteiger partial charge in [0.15, 0.2) is 6.61 Å². The van der Waals surface area contributed by atoms with Gasteiger partial charge in [-0.1, -0.05) is 18.2 Å². The van der Waals surface area contributed by atoms with Gasteiger partial charge in [-0.15, -0.1) is 0 Å². The Morgan fingerprint density at radius 1 is 1.14 bits per heavy atom. The van der Waals surface area contributed by atoms with Crippen LogP contribution in [0.4, 0.5) is 15.8 Å². The highest BCUT2D eigenvalue weighted by molar-refractivity contribution is 5.95. The molecule has 0 fully saturated rings. The molecule has 0 atom stereocenters. The first kappa shape index (κ1) is 14.5. The van der Waals surface area contributed by atoms with Gasteiger partial charge in [-0.2, -0.15) is 0 Å². The molecule has 1 amide bonds. The Morgan fingerprint density at radius 3 is 2.57 bits per heavy atom. The average molecular weight is 288 g/mol. The molecule has 21 heavy (non-hydrogen) atoms. The second-order valence-corrected chi connectivity index (χ2v) is 4.23. The van der Waals surface area contributed by atoms with E-state index in [-0.39, 0.29) is 11.3 Å². The van der Waals surface area contributed by atoms with Crippen molar-refractivity contribution in [3.8, 4) is 0 Å². The minimum absolute atomic E-state index is 0.233. The first-order chi connectivity index (χ1) is 10.1. The summed E-state index contributed by atoms with van der Waals surface area (Å²) >= 11 is 0. The van der Waals surface area contributed by atoms with Crippen LogP contribution in [0.3, 0.4) is 0 Å². The summed E-state index contributed by atoms with van der Waals surface area (Å²) < 4.78 is 18.2. The first-order valence-electron chi connectivity index (χ1n) is 6.13. The number of carbonyl (C=O) groups is 2. The molecule has 0 unspecified atom stereocenters. The maximum absolute atomic E-state index is 13.4. The van der Waals surface area contributed by atoms with Crippen molar-refractivity contribution in [1.82, 2.24) is 0 Å². The second kappa shape index (κ2) is 6.51. The van der Waals surface area contributed by atoms with Crippen LogP contribution in [0.1, 0.15) is 10.4 Å². The lowest BCUT2D eigenvalue weighted by molar-refractivity contribution is -0.119.